The third-order valence-corrected chi connectivity index (χ3v) is 13.0. The number of hydrogen-bond donors (Lipinski definition) is 1. The van der Waals surface area contributed by atoms with E-state index in [-0.39, 0.29) is 17.7 Å². The van der Waals surface area contributed by atoms with E-state index in [0.29, 0.717) is 16.3 Å². The lowest BCUT2D eigenvalue weighted by atomic mass is 10.1. The summed E-state index contributed by atoms with van der Waals surface area (Å²) in [6.07, 6.45) is 23.4. The Morgan fingerprint density at radius 1 is 0.739 bits per heavy atom. The van der Waals surface area contributed by atoms with Gasteiger partial charge in [0.05, 0.1) is 6.42 Å². The topological polar surface area (TPSA) is 63.6 Å². The second-order valence-corrected chi connectivity index (χ2v) is 19.5. The minimum atomic E-state index is -1.13. The molecular formula is C36H58O4S6. The summed E-state index contributed by atoms with van der Waals surface area (Å²) >= 11 is 17.4. The molecule has 0 radical (unpaired) electrons. The highest BCUT2D eigenvalue weighted by Gasteiger charge is 2.18. The Labute approximate surface area is 308 Å². The number of carbonyl (C=O) groups excluding carboxylic acids is 1. The number of thiocarbonyl (C=S) groups is 2. The molecule has 0 spiro atoms. The number of ether oxygens (including phenoxy) is 1. The molecule has 10 heteroatoms. The van der Waals surface area contributed by atoms with Crippen molar-refractivity contribution in [3.05, 3.63) is 23.8 Å². The van der Waals surface area contributed by atoms with E-state index in [4.69, 9.17) is 29.2 Å². The Morgan fingerprint density at radius 3 is 1.72 bits per heavy atom. The van der Waals surface area contributed by atoms with Gasteiger partial charge in [0.1, 0.15) is 18.4 Å². The van der Waals surface area contributed by atoms with Crippen LogP contribution >= 0.6 is 71.5 Å². The maximum absolute atomic E-state index is 12.5. The third-order valence-electron chi connectivity index (χ3n) is 7.66. The molecule has 0 amide bonds. The molecule has 2 atom stereocenters. The highest BCUT2D eigenvalue weighted by atomic mass is 32.2. The van der Waals surface area contributed by atoms with Crippen LogP contribution in [0, 0.1) is 0 Å². The van der Waals surface area contributed by atoms with Crippen LogP contribution in [0.3, 0.4) is 0 Å². The maximum Gasteiger partial charge on any atom is 0.339 e. The van der Waals surface area contributed by atoms with Gasteiger partial charge in [0.2, 0.25) is 0 Å². The van der Waals surface area contributed by atoms with Gasteiger partial charge < -0.3 is 9.84 Å². The number of carbonyl (C=O) groups is 2. The van der Waals surface area contributed by atoms with Crippen molar-refractivity contribution in [1.29, 1.82) is 0 Å². The lowest BCUT2D eigenvalue weighted by Crippen LogP contribution is -2.12. The van der Waals surface area contributed by atoms with Crippen LogP contribution in [0.5, 0.6) is 5.75 Å². The average molecular weight is 747 g/mol. The number of rotatable bonds is 26. The summed E-state index contributed by atoms with van der Waals surface area (Å²) in [5, 5.41) is 10.7. The zero-order valence-electron chi connectivity index (χ0n) is 28.7. The number of unbranched alkanes of at least 4 members (excludes halogenated alkanes) is 14. The molecule has 1 N–H and O–H groups in total. The first-order chi connectivity index (χ1) is 22.2. The van der Waals surface area contributed by atoms with E-state index in [1.165, 1.54) is 126 Å². The second kappa shape index (κ2) is 28.6. The van der Waals surface area contributed by atoms with E-state index < -0.39 is 11.9 Å². The van der Waals surface area contributed by atoms with Gasteiger partial charge in [-0.1, -0.05) is 167 Å². The zero-order chi connectivity index (χ0) is 34.0. The highest BCUT2D eigenvalue weighted by Crippen LogP contribution is 2.33. The van der Waals surface area contributed by atoms with Crippen molar-refractivity contribution < 1.29 is 19.4 Å². The van der Waals surface area contributed by atoms with Gasteiger partial charge in [0.25, 0.3) is 0 Å². The Kier molecular flexibility index (Phi) is 27.2. The summed E-state index contributed by atoms with van der Waals surface area (Å²) in [7, 11) is 0. The fourth-order valence-electron chi connectivity index (χ4n) is 4.95. The molecule has 1 aromatic rings. The fourth-order valence-corrected chi connectivity index (χ4v) is 10.6. The molecule has 2 unspecified atom stereocenters. The van der Waals surface area contributed by atoms with E-state index in [9.17, 15) is 14.7 Å². The van der Waals surface area contributed by atoms with E-state index >= 15 is 0 Å². The monoisotopic (exact) mass is 746 g/mol. The zero-order valence-corrected chi connectivity index (χ0v) is 33.5. The normalized spacial score (nSPS) is 12.5. The molecule has 0 aliphatic heterocycles. The van der Waals surface area contributed by atoms with Crippen LogP contribution in [-0.4, -0.2) is 40.4 Å². The molecular weight excluding hydrogens is 689 g/mol. The molecule has 0 bridgehead atoms. The molecule has 1 rings (SSSR count). The summed E-state index contributed by atoms with van der Waals surface area (Å²) in [5.74, 6) is -1.03. The standard InChI is InChI=1S/C36H58O4S6/c1-5-7-9-11-13-15-17-19-21-28(3)44-35(41)43-26-25-33(37)40-32-24-23-30(27-31(32)34(38)39)46-36(42)45-29(4)22-20-18-16-14-12-10-8-6-2/h23-24,27-29H,5-22,25-26H2,1-4H3,(H,38,39). The molecule has 0 saturated heterocycles. The minimum Gasteiger partial charge on any atom is -0.478 e. The summed E-state index contributed by atoms with van der Waals surface area (Å²) in [5.41, 5.74) is -0.0355. The Morgan fingerprint density at radius 2 is 1.22 bits per heavy atom. The van der Waals surface area contributed by atoms with Crippen molar-refractivity contribution in [2.24, 2.45) is 0 Å². The van der Waals surface area contributed by atoms with Gasteiger partial charge in [-0.3, -0.25) is 4.79 Å². The molecule has 0 aromatic heterocycles. The molecule has 0 aliphatic carbocycles. The Bertz CT molecular complexity index is 1020. The SMILES string of the molecule is CCCCCCCCCCC(C)SC(=S)SCCC(=O)Oc1ccc(SC(=S)SC(C)CCCCCCCCCC)cc1C(=O)O. The fraction of sp³-hybridized carbons (Fsp3) is 0.722. The van der Waals surface area contributed by atoms with Crippen molar-refractivity contribution >= 4 is 90.5 Å². The molecule has 0 aliphatic rings. The number of esters is 1. The van der Waals surface area contributed by atoms with Crippen LogP contribution in [0.1, 0.15) is 160 Å². The molecule has 46 heavy (non-hydrogen) atoms. The number of carboxylic acid groups (broad SMARTS) is 1. The van der Waals surface area contributed by atoms with Gasteiger partial charge in [-0.2, -0.15) is 0 Å². The molecule has 0 heterocycles. The van der Waals surface area contributed by atoms with E-state index in [2.05, 4.69) is 27.7 Å². The second-order valence-electron chi connectivity index (χ2n) is 12.0. The summed E-state index contributed by atoms with van der Waals surface area (Å²) < 4.78 is 7.07. The summed E-state index contributed by atoms with van der Waals surface area (Å²) in [6.45, 7) is 8.91. The third kappa shape index (κ3) is 23.2. The lowest BCUT2D eigenvalue weighted by Gasteiger charge is -2.13. The van der Waals surface area contributed by atoms with E-state index in [0.717, 1.165) is 24.8 Å². The number of hydrogen-bond acceptors (Lipinski definition) is 9. The van der Waals surface area contributed by atoms with Gasteiger partial charge in [-0.15, -0.1) is 35.3 Å². The summed E-state index contributed by atoms with van der Waals surface area (Å²) in [4.78, 5) is 25.2. The van der Waals surface area contributed by atoms with Gasteiger partial charge in [0.15, 0.2) is 0 Å². The Hall–Kier alpha value is -0.260. The van der Waals surface area contributed by atoms with Crippen molar-refractivity contribution in [2.75, 3.05) is 5.75 Å². The first kappa shape index (κ1) is 43.8. The van der Waals surface area contributed by atoms with Crippen LogP contribution in [0.4, 0.5) is 0 Å². The minimum absolute atomic E-state index is 0.0355. The first-order valence-electron chi connectivity index (χ1n) is 17.5. The summed E-state index contributed by atoms with van der Waals surface area (Å²) in [6, 6.07) is 4.87. The molecule has 4 nitrogen and oxygen atoms in total. The van der Waals surface area contributed by atoms with Crippen molar-refractivity contribution in [1.82, 2.24) is 0 Å². The van der Waals surface area contributed by atoms with Gasteiger partial charge >= 0.3 is 11.9 Å². The quantitative estimate of drug-likeness (QED) is 0.0326. The lowest BCUT2D eigenvalue weighted by molar-refractivity contribution is -0.133. The van der Waals surface area contributed by atoms with Crippen molar-refractivity contribution in [3.8, 4) is 5.75 Å². The molecule has 1 aromatic carbocycles. The number of carboxylic acids is 1. The van der Waals surface area contributed by atoms with E-state index in [1.807, 2.05) is 0 Å². The van der Waals surface area contributed by atoms with Gasteiger partial charge in [0, 0.05) is 21.1 Å². The van der Waals surface area contributed by atoms with Gasteiger partial charge in [-0.05, 0) is 31.0 Å². The molecule has 0 saturated carbocycles. The number of benzene rings is 1. The predicted octanol–water partition coefficient (Wildman–Crippen LogP) is 13.4. The van der Waals surface area contributed by atoms with E-state index in [1.54, 1.807) is 41.7 Å². The van der Waals surface area contributed by atoms with Crippen molar-refractivity contribution in [3.63, 3.8) is 0 Å². The van der Waals surface area contributed by atoms with Crippen LogP contribution in [0.2, 0.25) is 0 Å². The van der Waals surface area contributed by atoms with Gasteiger partial charge in [-0.25, -0.2) is 4.79 Å². The maximum atomic E-state index is 12.5. The van der Waals surface area contributed by atoms with Crippen LogP contribution in [0.25, 0.3) is 0 Å². The average Bonchev–Trinajstić information content (AvgIpc) is 3.00. The molecule has 0 fully saturated rings. The first-order valence-corrected chi connectivity index (χ1v) is 21.8. The number of thioether (sulfide) groups is 4. The smallest absolute Gasteiger partial charge is 0.339 e. The number of aromatic carboxylic acids is 1. The largest absolute Gasteiger partial charge is 0.478 e. The van der Waals surface area contributed by atoms with Crippen LogP contribution in [0.15, 0.2) is 23.1 Å². The van der Waals surface area contributed by atoms with Crippen LogP contribution < -0.4 is 4.74 Å². The Balaban J connectivity index is 2.35. The molecule has 262 valence electrons. The highest BCUT2D eigenvalue weighted by molar-refractivity contribution is 8.47. The van der Waals surface area contributed by atoms with Crippen LogP contribution in [-0.2, 0) is 4.79 Å². The van der Waals surface area contributed by atoms with Crippen molar-refractivity contribution in [2.45, 2.75) is 165 Å². The predicted molar refractivity (Wildman–Crippen MR) is 216 cm³/mol.